The van der Waals surface area contributed by atoms with Gasteiger partial charge in [-0.1, -0.05) is 12.1 Å². The molecule has 0 spiro atoms. The first-order chi connectivity index (χ1) is 15.3. The molecule has 1 amide bonds. The fourth-order valence-corrected chi connectivity index (χ4v) is 4.95. The summed E-state index contributed by atoms with van der Waals surface area (Å²) in [5, 5.41) is 2.80. The molecular formula is C25H35N5O2. The molecule has 2 bridgehead atoms. The maximum atomic E-state index is 11.9. The molecule has 3 fully saturated rings. The fourth-order valence-electron chi connectivity index (χ4n) is 4.95. The summed E-state index contributed by atoms with van der Waals surface area (Å²) in [6.07, 6.45) is 1.88. The van der Waals surface area contributed by atoms with Gasteiger partial charge in [0.2, 0.25) is 0 Å². The number of anilines is 1. The third kappa shape index (κ3) is 5.04. The normalized spacial score (nSPS) is 24.4. The maximum absolute atomic E-state index is 11.9. The average Bonchev–Trinajstić information content (AvgIpc) is 2.77. The van der Waals surface area contributed by atoms with Crippen LogP contribution in [-0.2, 0) is 4.74 Å². The van der Waals surface area contributed by atoms with Crippen molar-refractivity contribution in [2.24, 2.45) is 5.92 Å². The molecule has 0 saturated carbocycles. The zero-order chi connectivity index (χ0) is 22.8. The minimum absolute atomic E-state index is 0.0873. The van der Waals surface area contributed by atoms with E-state index in [-0.39, 0.29) is 12.1 Å². The molecule has 172 valence electrons. The molecule has 4 heterocycles. The van der Waals surface area contributed by atoms with Gasteiger partial charge in [-0.05, 0) is 64.3 Å². The number of nitrogens with one attached hydrogen (secondary N) is 1. The van der Waals surface area contributed by atoms with Crippen molar-refractivity contribution in [3.8, 4) is 11.3 Å². The smallest absolute Gasteiger partial charge is 0.407 e. The van der Waals surface area contributed by atoms with Crippen LogP contribution in [0.5, 0.6) is 0 Å². The number of hydrogen-bond donors (Lipinski definition) is 1. The molecular weight excluding hydrogens is 402 g/mol. The molecule has 0 radical (unpaired) electrons. The summed E-state index contributed by atoms with van der Waals surface area (Å²) in [6.45, 7) is 8.32. The molecule has 2 aromatic rings. The second kappa shape index (κ2) is 9.45. The Labute approximate surface area is 191 Å². The number of aryl methyl sites for hydroxylation is 1. The van der Waals surface area contributed by atoms with Crippen LogP contribution >= 0.6 is 0 Å². The number of aromatic nitrogens is 2. The van der Waals surface area contributed by atoms with Gasteiger partial charge < -0.3 is 15.0 Å². The summed E-state index contributed by atoms with van der Waals surface area (Å²) in [6, 6.07) is 11.1. The molecule has 3 aliphatic rings. The Kier molecular flexibility index (Phi) is 6.65. The molecule has 7 nitrogen and oxygen atoms in total. The van der Waals surface area contributed by atoms with Gasteiger partial charge in [-0.2, -0.15) is 0 Å². The number of hydrogen-bond acceptors (Lipinski definition) is 6. The van der Waals surface area contributed by atoms with E-state index in [1.165, 1.54) is 5.69 Å². The summed E-state index contributed by atoms with van der Waals surface area (Å²) >= 11 is 0. The lowest BCUT2D eigenvalue weighted by Crippen LogP contribution is -2.54. The van der Waals surface area contributed by atoms with Crippen molar-refractivity contribution in [3.63, 3.8) is 0 Å². The molecule has 1 aromatic heterocycles. The van der Waals surface area contributed by atoms with Gasteiger partial charge in [-0.3, -0.25) is 4.90 Å². The van der Waals surface area contributed by atoms with Crippen LogP contribution in [0.3, 0.4) is 0 Å². The molecule has 7 heteroatoms. The highest BCUT2D eigenvalue weighted by Gasteiger charge is 2.42. The van der Waals surface area contributed by atoms with Crippen LogP contribution in [0.15, 0.2) is 30.3 Å². The first-order valence-electron chi connectivity index (χ1n) is 11.6. The van der Waals surface area contributed by atoms with Crippen LogP contribution in [0.25, 0.3) is 11.3 Å². The second-order valence-electron chi connectivity index (χ2n) is 9.60. The lowest BCUT2D eigenvalue weighted by molar-refractivity contribution is -0.00373. The number of ether oxygens (including phenoxy) is 1. The molecule has 32 heavy (non-hydrogen) atoms. The van der Waals surface area contributed by atoms with Gasteiger partial charge in [0, 0.05) is 55.6 Å². The van der Waals surface area contributed by atoms with E-state index in [4.69, 9.17) is 14.7 Å². The first-order valence-corrected chi connectivity index (χ1v) is 11.6. The van der Waals surface area contributed by atoms with Gasteiger partial charge in [0.05, 0.1) is 5.69 Å². The number of piperidine rings is 3. The van der Waals surface area contributed by atoms with Crippen LogP contribution in [0.2, 0.25) is 0 Å². The van der Waals surface area contributed by atoms with Crippen molar-refractivity contribution in [2.75, 3.05) is 38.7 Å². The minimum Gasteiger partial charge on any atom is -0.448 e. The van der Waals surface area contributed by atoms with Crippen LogP contribution in [0, 0.1) is 12.8 Å². The second-order valence-corrected chi connectivity index (χ2v) is 9.60. The van der Waals surface area contributed by atoms with E-state index in [9.17, 15) is 4.79 Å². The number of alkyl carbamates (subject to hydrolysis) is 1. The lowest BCUT2D eigenvalue weighted by atomic mass is 9.74. The summed E-state index contributed by atoms with van der Waals surface area (Å²) in [4.78, 5) is 26.0. The van der Waals surface area contributed by atoms with E-state index >= 15 is 0 Å². The number of carbonyl (C=O) groups excluding carboxylic acids is 1. The Hall–Kier alpha value is -2.67. The maximum Gasteiger partial charge on any atom is 0.407 e. The highest BCUT2D eigenvalue weighted by molar-refractivity contribution is 5.67. The number of benzene rings is 1. The summed E-state index contributed by atoms with van der Waals surface area (Å²) in [5.41, 5.74) is 4.41. The molecule has 3 aliphatic heterocycles. The van der Waals surface area contributed by atoms with Crippen LogP contribution in [0.4, 0.5) is 10.5 Å². The van der Waals surface area contributed by atoms with Gasteiger partial charge in [0.25, 0.3) is 0 Å². The van der Waals surface area contributed by atoms with Gasteiger partial charge in [0.15, 0.2) is 0 Å². The van der Waals surface area contributed by atoms with E-state index in [0.29, 0.717) is 24.5 Å². The number of fused-ring (bicyclic) bond motifs is 3. The number of nitrogens with zero attached hydrogens (tertiary/aromatic N) is 4. The van der Waals surface area contributed by atoms with Crippen LogP contribution in [-0.4, -0.2) is 66.8 Å². The van der Waals surface area contributed by atoms with Gasteiger partial charge in [0.1, 0.15) is 12.4 Å². The third-order valence-electron chi connectivity index (χ3n) is 6.61. The van der Waals surface area contributed by atoms with Gasteiger partial charge >= 0.3 is 6.09 Å². The highest BCUT2D eigenvalue weighted by atomic mass is 16.5. The largest absolute Gasteiger partial charge is 0.448 e. The fraction of sp³-hybridized carbons (Fsp3) is 0.560. The van der Waals surface area contributed by atoms with Crippen molar-refractivity contribution in [1.29, 1.82) is 0 Å². The Morgan fingerprint density at radius 3 is 2.62 bits per heavy atom. The first kappa shape index (κ1) is 22.5. The minimum atomic E-state index is -0.324. The quantitative estimate of drug-likeness (QED) is 0.741. The Bertz CT molecular complexity index is 944. The number of rotatable bonds is 6. The Balaban J connectivity index is 1.46. The lowest BCUT2D eigenvalue weighted by Gasteiger charge is -2.49. The number of amides is 1. The number of carbonyl (C=O) groups is 1. The monoisotopic (exact) mass is 437 g/mol. The zero-order valence-electron chi connectivity index (χ0n) is 19.8. The Morgan fingerprint density at radius 2 is 2.00 bits per heavy atom. The van der Waals surface area contributed by atoms with Crippen LogP contribution < -0.4 is 10.2 Å². The molecule has 4 atom stereocenters. The molecule has 4 unspecified atom stereocenters. The van der Waals surface area contributed by atoms with Gasteiger partial charge in [-0.15, -0.1) is 0 Å². The topological polar surface area (TPSA) is 70.6 Å². The van der Waals surface area contributed by atoms with E-state index in [1.807, 2.05) is 34.9 Å². The summed E-state index contributed by atoms with van der Waals surface area (Å²) < 4.78 is 5.49. The van der Waals surface area contributed by atoms with E-state index in [2.05, 4.69) is 45.4 Å². The van der Waals surface area contributed by atoms with E-state index in [1.54, 1.807) is 0 Å². The van der Waals surface area contributed by atoms with Crippen molar-refractivity contribution in [1.82, 2.24) is 20.2 Å². The molecule has 3 saturated heterocycles. The third-order valence-corrected chi connectivity index (χ3v) is 6.61. The average molecular weight is 438 g/mol. The molecule has 1 N–H and O–H groups in total. The van der Waals surface area contributed by atoms with E-state index in [0.717, 1.165) is 48.7 Å². The highest BCUT2D eigenvalue weighted by Crippen LogP contribution is 2.42. The predicted molar refractivity (Wildman–Crippen MR) is 127 cm³/mol. The van der Waals surface area contributed by atoms with E-state index < -0.39 is 0 Å². The van der Waals surface area contributed by atoms with Crippen molar-refractivity contribution < 1.29 is 9.53 Å². The zero-order valence-corrected chi connectivity index (χ0v) is 19.8. The van der Waals surface area contributed by atoms with Gasteiger partial charge in [-0.25, -0.2) is 14.8 Å². The van der Waals surface area contributed by atoms with Crippen molar-refractivity contribution >= 4 is 11.8 Å². The van der Waals surface area contributed by atoms with Crippen molar-refractivity contribution in [3.05, 3.63) is 41.9 Å². The van der Waals surface area contributed by atoms with Crippen LogP contribution in [0.1, 0.15) is 44.1 Å². The molecule has 5 rings (SSSR count). The standard InChI is InChI=1S/C25H35N5O2/c1-16(2)26-25(31)32-15-21-12-19-10-11-30(21)14-22(19)24-13-23(27-17(3)28-24)18-6-8-20(9-7-18)29(4)5/h6-9,13,16,19,21-22H,10-12,14-15H2,1-5H3,(H,26,31). The molecule has 1 aromatic carbocycles. The molecule has 0 aliphatic carbocycles. The SMILES string of the molecule is Cc1nc(-c2ccc(N(C)C)cc2)cc(C2CN3CCC2CC3COC(=O)NC(C)C)n1. The summed E-state index contributed by atoms with van der Waals surface area (Å²) in [7, 11) is 4.09. The van der Waals surface area contributed by atoms with Crippen molar-refractivity contribution in [2.45, 2.75) is 51.6 Å². The Morgan fingerprint density at radius 1 is 1.25 bits per heavy atom. The summed E-state index contributed by atoms with van der Waals surface area (Å²) in [5.74, 6) is 1.77. The predicted octanol–water partition coefficient (Wildman–Crippen LogP) is 3.83.